The SMILES string of the molecule is CC=C1CCN(C(C)(C)C(N)=O)CC1. The average molecular weight is 196 g/mol. The van der Waals surface area contributed by atoms with Crippen LogP contribution in [0.25, 0.3) is 0 Å². The molecule has 80 valence electrons. The Kier molecular flexibility index (Phi) is 3.32. The molecule has 0 unspecified atom stereocenters. The van der Waals surface area contributed by atoms with E-state index in [0.717, 1.165) is 25.9 Å². The maximum atomic E-state index is 11.2. The molecule has 1 fully saturated rings. The summed E-state index contributed by atoms with van der Waals surface area (Å²) in [6.45, 7) is 7.75. The van der Waals surface area contributed by atoms with E-state index in [1.165, 1.54) is 5.57 Å². The van der Waals surface area contributed by atoms with Crippen molar-refractivity contribution in [2.75, 3.05) is 13.1 Å². The number of carbonyl (C=O) groups is 1. The van der Waals surface area contributed by atoms with Crippen LogP contribution >= 0.6 is 0 Å². The molecular formula is C11H20N2O. The number of hydrogen-bond donors (Lipinski definition) is 1. The largest absolute Gasteiger partial charge is 0.368 e. The van der Waals surface area contributed by atoms with Crippen LogP contribution < -0.4 is 5.73 Å². The molecule has 1 heterocycles. The van der Waals surface area contributed by atoms with Gasteiger partial charge < -0.3 is 5.73 Å². The molecule has 0 bridgehead atoms. The number of nitrogens with zero attached hydrogens (tertiary/aromatic N) is 1. The van der Waals surface area contributed by atoms with Crippen molar-refractivity contribution in [2.24, 2.45) is 5.73 Å². The molecule has 0 saturated carbocycles. The van der Waals surface area contributed by atoms with Gasteiger partial charge in [0.25, 0.3) is 0 Å². The summed E-state index contributed by atoms with van der Waals surface area (Å²) in [5.74, 6) is -0.235. The summed E-state index contributed by atoms with van der Waals surface area (Å²) in [5.41, 5.74) is 6.36. The lowest BCUT2D eigenvalue weighted by Crippen LogP contribution is -2.55. The van der Waals surface area contributed by atoms with Crippen LogP contribution in [0.15, 0.2) is 11.6 Å². The van der Waals surface area contributed by atoms with Crippen LogP contribution in [0, 0.1) is 0 Å². The molecule has 0 radical (unpaired) electrons. The minimum atomic E-state index is -0.501. The fraction of sp³-hybridized carbons (Fsp3) is 0.727. The Hall–Kier alpha value is -0.830. The molecule has 2 N–H and O–H groups in total. The van der Waals surface area contributed by atoms with Gasteiger partial charge in [-0.05, 0) is 33.6 Å². The second-order valence-electron chi connectivity index (χ2n) is 4.36. The standard InChI is InChI=1S/C11H20N2O/c1-4-9-5-7-13(8-6-9)11(2,3)10(12)14/h4H,5-8H2,1-3H3,(H2,12,14). The first-order chi connectivity index (χ1) is 6.48. The van der Waals surface area contributed by atoms with Gasteiger partial charge in [-0.25, -0.2) is 0 Å². The maximum absolute atomic E-state index is 11.2. The van der Waals surface area contributed by atoms with E-state index < -0.39 is 5.54 Å². The summed E-state index contributed by atoms with van der Waals surface area (Å²) in [6.07, 6.45) is 4.30. The van der Waals surface area contributed by atoms with E-state index in [1.807, 2.05) is 13.8 Å². The predicted molar refractivity (Wildman–Crippen MR) is 57.8 cm³/mol. The first kappa shape index (κ1) is 11.2. The Balaban J connectivity index is 2.62. The zero-order valence-corrected chi connectivity index (χ0v) is 9.34. The van der Waals surface area contributed by atoms with E-state index >= 15 is 0 Å². The smallest absolute Gasteiger partial charge is 0.237 e. The summed E-state index contributed by atoms with van der Waals surface area (Å²) in [5, 5.41) is 0. The quantitative estimate of drug-likeness (QED) is 0.676. The van der Waals surface area contributed by atoms with Gasteiger partial charge in [0.05, 0.1) is 5.54 Å². The van der Waals surface area contributed by atoms with Gasteiger partial charge in [0.15, 0.2) is 0 Å². The fourth-order valence-corrected chi connectivity index (χ4v) is 1.80. The van der Waals surface area contributed by atoms with Gasteiger partial charge in [-0.2, -0.15) is 0 Å². The van der Waals surface area contributed by atoms with E-state index in [0.29, 0.717) is 0 Å². The van der Waals surface area contributed by atoms with Crippen molar-refractivity contribution in [3.63, 3.8) is 0 Å². The molecule has 0 aromatic carbocycles. The molecule has 0 aromatic rings. The molecule has 0 aromatic heterocycles. The second-order valence-corrected chi connectivity index (χ2v) is 4.36. The summed E-state index contributed by atoms with van der Waals surface area (Å²) in [4.78, 5) is 13.4. The van der Waals surface area contributed by atoms with Gasteiger partial charge in [-0.1, -0.05) is 11.6 Å². The normalized spacial score (nSPS) is 19.5. The van der Waals surface area contributed by atoms with E-state index in [1.54, 1.807) is 0 Å². The zero-order valence-electron chi connectivity index (χ0n) is 9.34. The van der Waals surface area contributed by atoms with Crippen LogP contribution in [0.3, 0.4) is 0 Å². The number of nitrogens with two attached hydrogens (primary N) is 1. The van der Waals surface area contributed by atoms with Crippen molar-refractivity contribution in [1.29, 1.82) is 0 Å². The first-order valence-electron chi connectivity index (χ1n) is 5.17. The summed E-state index contributed by atoms with van der Waals surface area (Å²) < 4.78 is 0. The second kappa shape index (κ2) is 4.13. The highest BCUT2D eigenvalue weighted by Gasteiger charge is 2.33. The number of allylic oxidation sites excluding steroid dienone is 1. The minimum absolute atomic E-state index is 0.235. The Labute approximate surface area is 86.0 Å². The summed E-state index contributed by atoms with van der Waals surface area (Å²) in [6, 6.07) is 0. The highest BCUT2D eigenvalue weighted by molar-refractivity contribution is 5.83. The van der Waals surface area contributed by atoms with Crippen LogP contribution in [-0.4, -0.2) is 29.4 Å². The number of likely N-dealkylation sites (tertiary alicyclic amines) is 1. The monoisotopic (exact) mass is 196 g/mol. The van der Waals surface area contributed by atoms with Crippen LogP contribution in [0.5, 0.6) is 0 Å². The lowest BCUT2D eigenvalue weighted by Gasteiger charge is -2.39. The van der Waals surface area contributed by atoms with Gasteiger partial charge in [-0.3, -0.25) is 9.69 Å². The zero-order chi connectivity index (χ0) is 10.8. The molecule has 3 nitrogen and oxygen atoms in total. The lowest BCUT2D eigenvalue weighted by atomic mass is 9.95. The van der Waals surface area contributed by atoms with Crippen LogP contribution in [-0.2, 0) is 4.79 Å². The van der Waals surface area contributed by atoms with Gasteiger partial charge in [-0.15, -0.1) is 0 Å². The Morgan fingerprint density at radius 2 is 1.93 bits per heavy atom. The maximum Gasteiger partial charge on any atom is 0.237 e. The molecule has 14 heavy (non-hydrogen) atoms. The highest BCUT2D eigenvalue weighted by Crippen LogP contribution is 2.23. The molecule has 0 atom stereocenters. The van der Waals surface area contributed by atoms with Gasteiger partial charge in [0, 0.05) is 13.1 Å². The topological polar surface area (TPSA) is 46.3 Å². The molecule has 3 heteroatoms. The van der Waals surface area contributed by atoms with Crippen molar-refractivity contribution in [2.45, 2.75) is 39.2 Å². The van der Waals surface area contributed by atoms with E-state index in [4.69, 9.17) is 5.73 Å². The number of carbonyl (C=O) groups excluding carboxylic acids is 1. The Morgan fingerprint density at radius 1 is 1.43 bits per heavy atom. The predicted octanol–water partition coefficient (Wildman–Crippen LogP) is 1.29. The van der Waals surface area contributed by atoms with Crippen molar-refractivity contribution >= 4 is 5.91 Å². The van der Waals surface area contributed by atoms with Crippen molar-refractivity contribution in [1.82, 2.24) is 4.90 Å². The Morgan fingerprint density at radius 3 is 2.29 bits per heavy atom. The molecule has 1 saturated heterocycles. The molecular weight excluding hydrogens is 176 g/mol. The van der Waals surface area contributed by atoms with E-state index in [2.05, 4.69) is 17.9 Å². The Bertz CT molecular complexity index is 246. The third kappa shape index (κ3) is 2.15. The molecule has 1 aliphatic rings. The van der Waals surface area contributed by atoms with Gasteiger partial charge in [0.1, 0.15) is 0 Å². The number of primary amides is 1. The number of hydrogen-bond acceptors (Lipinski definition) is 2. The van der Waals surface area contributed by atoms with Crippen LogP contribution in [0.2, 0.25) is 0 Å². The molecule has 0 spiro atoms. The third-order valence-corrected chi connectivity index (χ3v) is 3.21. The molecule has 1 amide bonds. The number of rotatable bonds is 2. The highest BCUT2D eigenvalue weighted by atomic mass is 16.1. The van der Waals surface area contributed by atoms with Gasteiger partial charge in [0.2, 0.25) is 5.91 Å². The van der Waals surface area contributed by atoms with Crippen molar-refractivity contribution in [3.8, 4) is 0 Å². The fourth-order valence-electron chi connectivity index (χ4n) is 1.80. The van der Waals surface area contributed by atoms with Crippen LogP contribution in [0.4, 0.5) is 0 Å². The minimum Gasteiger partial charge on any atom is -0.368 e. The van der Waals surface area contributed by atoms with Crippen molar-refractivity contribution in [3.05, 3.63) is 11.6 Å². The lowest BCUT2D eigenvalue weighted by molar-refractivity contribution is -0.128. The van der Waals surface area contributed by atoms with E-state index in [-0.39, 0.29) is 5.91 Å². The third-order valence-electron chi connectivity index (χ3n) is 3.21. The average Bonchev–Trinajstić information content (AvgIpc) is 2.17. The summed E-state index contributed by atoms with van der Waals surface area (Å²) >= 11 is 0. The molecule has 1 aliphatic heterocycles. The van der Waals surface area contributed by atoms with Crippen LogP contribution in [0.1, 0.15) is 33.6 Å². The number of piperidine rings is 1. The van der Waals surface area contributed by atoms with Gasteiger partial charge >= 0.3 is 0 Å². The summed E-state index contributed by atoms with van der Waals surface area (Å²) in [7, 11) is 0. The van der Waals surface area contributed by atoms with Crippen molar-refractivity contribution < 1.29 is 4.79 Å². The van der Waals surface area contributed by atoms with E-state index in [9.17, 15) is 4.79 Å². The molecule has 1 rings (SSSR count). The number of amides is 1. The molecule has 0 aliphatic carbocycles. The first-order valence-corrected chi connectivity index (χ1v) is 5.17.